The van der Waals surface area contributed by atoms with Crippen LogP contribution in [0.25, 0.3) is 0 Å². The summed E-state index contributed by atoms with van der Waals surface area (Å²) in [5, 5.41) is 14.1. The molecule has 0 spiro atoms. The van der Waals surface area contributed by atoms with Gasteiger partial charge in [-0.15, -0.1) is 0 Å². The van der Waals surface area contributed by atoms with Crippen LogP contribution in [0.3, 0.4) is 0 Å². The highest BCUT2D eigenvalue weighted by atomic mass is 16.5. The van der Waals surface area contributed by atoms with E-state index >= 15 is 0 Å². The number of carbonyl (C=O) groups is 2. The van der Waals surface area contributed by atoms with Crippen molar-refractivity contribution in [3.8, 4) is 0 Å². The van der Waals surface area contributed by atoms with Crippen LogP contribution in [-0.2, 0) is 9.53 Å². The van der Waals surface area contributed by atoms with Crippen LogP contribution in [0.1, 0.15) is 26.7 Å². The second kappa shape index (κ2) is 7.00. The predicted octanol–water partition coefficient (Wildman–Crippen LogP) is 0.884. The lowest BCUT2D eigenvalue weighted by atomic mass is 10.2. The Bertz CT molecular complexity index is 337. The third-order valence-corrected chi connectivity index (χ3v) is 2.65. The van der Waals surface area contributed by atoms with E-state index in [1.165, 1.54) is 0 Å². The molecule has 18 heavy (non-hydrogen) atoms. The molecule has 2 amide bonds. The molecule has 2 unspecified atom stereocenters. The molecule has 1 saturated heterocycles. The third-order valence-electron chi connectivity index (χ3n) is 2.65. The number of hydrogen-bond donors (Lipinski definition) is 3. The summed E-state index contributed by atoms with van der Waals surface area (Å²) >= 11 is 0. The van der Waals surface area contributed by atoms with E-state index in [1.807, 2.05) is 19.9 Å². The van der Waals surface area contributed by atoms with Gasteiger partial charge >= 0.3 is 12.0 Å². The van der Waals surface area contributed by atoms with Gasteiger partial charge in [0.25, 0.3) is 0 Å². The first-order chi connectivity index (χ1) is 8.49. The van der Waals surface area contributed by atoms with Crippen molar-refractivity contribution < 1.29 is 19.4 Å². The largest absolute Gasteiger partial charge is 0.479 e. The highest BCUT2D eigenvalue weighted by Crippen LogP contribution is 2.18. The molecular weight excluding hydrogens is 236 g/mol. The van der Waals surface area contributed by atoms with Crippen molar-refractivity contribution in [3.63, 3.8) is 0 Å². The Morgan fingerprint density at radius 2 is 2.06 bits per heavy atom. The summed E-state index contributed by atoms with van der Waals surface area (Å²) in [7, 11) is 0. The van der Waals surface area contributed by atoms with Gasteiger partial charge in [-0.25, -0.2) is 9.59 Å². The van der Waals surface area contributed by atoms with Crippen LogP contribution in [-0.4, -0.2) is 42.4 Å². The van der Waals surface area contributed by atoms with Crippen LogP contribution in [0.5, 0.6) is 0 Å². The maximum Gasteiger partial charge on any atom is 0.332 e. The molecule has 1 rings (SSSR count). The number of aliphatic carboxylic acids is 1. The van der Waals surface area contributed by atoms with Gasteiger partial charge in [-0.3, -0.25) is 0 Å². The summed E-state index contributed by atoms with van der Waals surface area (Å²) in [4.78, 5) is 22.0. The zero-order valence-electron chi connectivity index (χ0n) is 10.7. The fourth-order valence-corrected chi connectivity index (χ4v) is 1.65. The molecule has 0 aliphatic carbocycles. The van der Waals surface area contributed by atoms with Gasteiger partial charge in [-0.1, -0.05) is 11.6 Å². The average molecular weight is 256 g/mol. The van der Waals surface area contributed by atoms with Crippen LogP contribution < -0.4 is 10.6 Å². The number of ether oxygens (including phenoxy) is 1. The van der Waals surface area contributed by atoms with Crippen molar-refractivity contribution in [1.29, 1.82) is 0 Å². The molecule has 1 fully saturated rings. The molecule has 2 atom stereocenters. The average Bonchev–Trinajstić information content (AvgIpc) is 2.74. The van der Waals surface area contributed by atoms with Crippen LogP contribution in [0.4, 0.5) is 4.79 Å². The van der Waals surface area contributed by atoms with E-state index in [2.05, 4.69) is 10.6 Å². The first-order valence-corrected chi connectivity index (χ1v) is 6.02. The Kier molecular flexibility index (Phi) is 5.64. The maximum absolute atomic E-state index is 11.4. The Balaban J connectivity index is 2.16. The number of carboxylic acids is 1. The molecule has 0 bridgehead atoms. The number of allylic oxidation sites excluding steroid dienone is 1. The zero-order valence-corrected chi connectivity index (χ0v) is 10.7. The van der Waals surface area contributed by atoms with E-state index in [1.54, 1.807) is 0 Å². The predicted molar refractivity (Wildman–Crippen MR) is 66.4 cm³/mol. The fourth-order valence-electron chi connectivity index (χ4n) is 1.65. The van der Waals surface area contributed by atoms with E-state index in [0.29, 0.717) is 25.9 Å². The van der Waals surface area contributed by atoms with Gasteiger partial charge in [-0.2, -0.15) is 0 Å². The van der Waals surface area contributed by atoms with E-state index in [9.17, 15) is 9.59 Å². The maximum atomic E-state index is 11.4. The van der Waals surface area contributed by atoms with Gasteiger partial charge in [-0.05, 0) is 26.7 Å². The summed E-state index contributed by atoms with van der Waals surface area (Å²) in [6, 6.07) is -0.269. The second-order valence-electron chi connectivity index (χ2n) is 4.53. The highest BCUT2D eigenvalue weighted by molar-refractivity contribution is 5.74. The number of amides is 2. The van der Waals surface area contributed by atoms with Crippen molar-refractivity contribution in [2.45, 2.75) is 38.9 Å². The van der Waals surface area contributed by atoms with E-state index in [4.69, 9.17) is 9.84 Å². The van der Waals surface area contributed by atoms with Crippen molar-refractivity contribution >= 4 is 12.0 Å². The quantitative estimate of drug-likeness (QED) is 0.637. The Morgan fingerprint density at radius 1 is 1.33 bits per heavy atom. The lowest BCUT2D eigenvalue weighted by molar-refractivity contribution is -0.149. The molecule has 0 aromatic heterocycles. The van der Waals surface area contributed by atoms with E-state index in [0.717, 1.165) is 5.57 Å². The summed E-state index contributed by atoms with van der Waals surface area (Å²) in [6.45, 7) is 4.73. The number of carboxylic acid groups (broad SMARTS) is 1. The molecule has 6 heteroatoms. The summed E-state index contributed by atoms with van der Waals surface area (Å²) in [6.07, 6.45) is 2.13. The summed E-state index contributed by atoms with van der Waals surface area (Å²) in [5.74, 6) is -0.939. The molecule has 1 aliphatic heterocycles. The monoisotopic (exact) mass is 256 g/mol. The normalized spacial score (nSPS) is 22.3. The van der Waals surface area contributed by atoms with Crippen molar-refractivity contribution in [3.05, 3.63) is 11.6 Å². The fraction of sp³-hybridized carbons (Fsp3) is 0.667. The molecule has 1 heterocycles. The molecule has 102 valence electrons. The number of urea groups is 1. The Labute approximate surface area is 106 Å². The van der Waals surface area contributed by atoms with Gasteiger partial charge < -0.3 is 20.5 Å². The number of rotatable bonds is 5. The number of hydrogen-bond acceptors (Lipinski definition) is 3. The molecule has 0 radical (unpaired) electrons. The van der Waals surface area contributed by atoms with Crippen LogP contribution in [0.15, 0.2) is 11.6 Å². The SMILES string of the molecule is CC(C)=CCNC(=O)NCC1CCC(C(=O)O)O1. The topological polar surface area (TPSA) is 87.7 Å². The summed E-state index contributed by atoms with van der Waals surface area (Å²) < 4.78 is 5.26. The lowest BCUT2D eigenvalue weighted by Gasteiger charge is -2.12. The molecule has 0 aromatic carbocycles. The van der Waals surface area contributed by atoms with E-state index < -0.39 is 12.1 Å². The Morgan fingerprint density at radius 3 is 2.61 bits per heavy atom. The van der Waals surface area contributed by atoms with Crippen molar-refractivity contribution in [1.82, 2.24) is 10.6 Å². The van der Waals surface area contributed by atoms with Gasteiger partial charge in [0, 0.05) is 13.1 Å². The smallest absolute Gasteiger partial charge is 0.332 e. The lowest BCUT2D eigenvalue weighted by Crippen LogP contribution is -2.40. The minimum atomic E-state index is -0.939. The van der Waals surface area contributed by atoms with Crippen molar-refractivity contribution in [2.75, 3.05) is 13.1 Å². The molecule has 0 aromatic rings. The zero-order chi connectivity index (χ0) is 13.5. The molecule has 3 N–H and O–H groups in total. The minimum Gasteiger partial charge on any atom is -0.479 e. The standard InChI is InChI=1S/C12H20N2O4/c1-8(2)5-6-13-12(17)14-7-9-3-4-10(18-9)11(15)16/h5,9-10H,3-4,6-7H2,1-2H3,(H,15,16)(H2,13,14,17). The van der Waals surface area contributed by atoms with Crippen LogP contribution in [0, 0.1) is 0 Å². The van der Waals surface area contributed by atoms with Gasteiger partial charge in [0.1, 0.15) is 0 Å². The first-order valence-electron chi connectivity index (χ1n) is 6.02. The van der Waals surface area contributed by atoms with Gasteiger partial charge in [0.15, 0.2) is 6.10 Å². The van der Waals surface area contributed by atoms with Crippen LogP contribution in [0.2, 0.25) is 0 Å². The third kappa shape index (κ3) is 5.18. The minimum absolute atomic E-state index is 0.208. The number of carbonyl (C=O) groups excluding carboxylic acids is 1. The number of nitrogens with one attached hydrogen (secondary N) is 2. The van der Waals surface area contributed by atoms with Gasteiger partial charge in [0.05, 0.1) is 6.10 Å². The molecule has 0 saturated carbocycles. The molecule has 6 nitrogen and oxygen atoms in total. The molecule has 1 aliphatic rings. The second-order valence-corrected chi connectivity index (χ2v) is 4.53. The van der Waals surface area contributed by atoms with Crippen molar-refractivity contribution in [2.24, 2.45) is 0 Å². The van der Waals surface area contributed by atoms with Crippen LogP contribution >= 0.6 is 0 Å². The van der Waals surface area contributed by atoms with Gasteiger partial charge in [0.2, 0.25) is 0 Å². The summed E-state index contributed by atoms with van der Waals surface area (Å²) in [5.41, 5.74) is 1.14. The first kappa shape index (κ1) is 14.5. The van der Waals surface area contributed by atoms with E-state index in [-0.39, 0.29) is 12.1 Å². The molecular formula is C12H20N2O4. The highest BCUT2D eigenvalue weighted by Gasteiger charge is 2.30. The Hall–Kier alpha value is -1.56.